The lowest BCUT2D eigenvalue weighted by atomic mass is 10.0. The van der Waals surface area contributed by atoms with Crippen molar-refractivity contribution in [3.63, 3.8) is 0 Å². The van der Waals surface area contributed by atoms with Crippen LogP contribution in [0.4, 0.5) is 11.4 Å². The monoisotopic (exact) mass is 500 g/mol. The minimum absolute atomic E-state index is 0.267. The molecule has 2 amide bonds. The fraction of sp³-hybridized carbons (Fsp3) is 0.286. The molecule has 192 valence electrons. The fourth-order valence-corrected chi connectivity index (χ4v) is 3.87. The molecule has 0 spiro atoms. The van der Waals surface area contributed by atoms with E-state index in [4.69, 9.17) is 4.74 Å². The predicted molar refractivity (Wildman–Crippen MR) is 143 cm³/mol. The first-order valence-corrected chi connectivity index (χ1v) is 12.3. The lowest BCUT2D eigenvalue weighted by Gasteiger charge is -2.11. The van der Waals surface area contributed by atoms with Crippen LogP contribution >= 0.6 is 0 Å². The van der Waals surface area contributed by atoms with Crippen molar-refractivity contribution >= 4 is 23.2 Å². The van der Waals surface area contributed by atoms with Gasteiger partial charge in [-0.05, 0) is 55.2 Å². The van der Waals surface area contributed by atoms with E-state index in [1.54, 1.807) is 34.7 Å². The minimum Gasteiger partial charge on any atom is -0.489 e. The molecule has 0 aliphatic heterocycles. The zero-order valence-electron chi connectivity index (χ0n) is 21.8. The lowest BCUT2D eigenvalue weighted by molar-refractivity contribution is 0.101. The fourth-order valence-electron chi connectivity index (χ4n) is 3.87. The number of amides is 2. The molecule has 0 atom stereocenters. The molecule has 0 aliphatic rings. The first-order valence-electron chi connectivity index (χ1n) is 12.3. The number of ether oxygens (including phenoxy) is 1. The molecule has 0 aliphatic carbocycles. The van der Waals surface area contributed by atoms with Crippen molar-refractivity contribution in [3.05, 3.63) is 89.0 Å². The van der Waals surface area contributed by atoms with Gasteiger partial charge in [-0.1, -0.05) is 38.1 Å². The molecule has 0 saturated heterocycles. The number of aryl methyl sites for hydroxylation is 2. The first kappa shape index (κ1) is 25.7. The van der Waals surface area contributed by atoms with Crippen molar-refractivity contribution in [1.82, 2.24) is 19.6 Å². The number of carbonyl (C=O) groups is 2. The number of benzene rings is 2. The summed E-state index contributed by atoms with van der Waals surface area (Å²) in [4.78, 5) is 26.2. The van der Waals surface area contributed by atoms with Crippen molar-refractivity contribution in [2.45, 2.75) is 46.8 Å². The van der Waals surface area contributed by atoms with Gasteiger partial charge >= 0.3 is 0 Å². The Kier molecular flexibility index (Phi) is 7.71. The molecule has 4 aromatic rings. The van der Waals surface area contributed by atoms with Crippen molar-refractivity contribution in [2.75, 3.05) is 10.6 Å². The Labute approximate surface area is 216 Å². The van der Waals surface area contributed by atoms with E-state index in [-0.39, 0.29) is 17.5 Å². The molecule has 2 N–H and O–H groups in total. The molecule has 9 heteroatoms. The Morgan fingerprint density at radius 1 is 0.973 bits per heavy atom. The highest BCUT2D eigenvalue weighted by Gasteiger charge is 2.21. The molecule has 0 fully saturated rings. The van der Waals surface area contributed by atoms with Gasteiger partial charge in [-0.3, -0.25) is 19.0 Å². The molecule has 0 radical (unpaired) electrons. The average molecular weight is 501 g/mol. The standard InChI is InChI=1S/C28H32N6O3/c1-6-34-26(28(36)31-24-15-29-33(5)19(24)4)25(16-30-34)32-27(35)22-9-7-8-20(14-22)17-37-23-12-10-21(11-13-23)18(2)3/h7-16,18H,6,17H2,1-5H3,(H,31,36)(H,32,35). The molecule has 0 bridgehead atoms. The van der Waals surface area contributed by atoms with E-state index in [9.17, 15) is 9.59 Å². The quantitative estimate of drug-likeness (QED) is 0.331. The van der Waals surface area contributed by atoms with E-state index in [0.717, 1.165) is 17.0 Å². The van der Waals surface area contributed by atoms with E-state index in [0.29, 0.717) is 36.0 Å². The van der Waals surface area contributed by atoms with Crippen LogP contribution < -0.4 is 15.4 Å². The smallest absolute Gasteiger partial charge is 0.276 e. The summed E-state index contributed by atoms with van der Waals surface area (Å²) in [5.41, 5.74) is 4.57. The summed E-state index contributed by atoms with van der Waals surface area (Å²) in [5.74, 6) is 0.507. The summed E-state index contributed by atoms with van der Waals surface area (Å²) in [5, 5.41) is 14.1. The molecular formula is C28H32N6O3. The summed E-state index contributed by atoms with van der Waals surface area (Å²) in [6, 6.07) is 15.2. The number of anilines is 2. The highest BCUT2D eigenvalue weighted by molar-refractivity contribution is 6.11. The summed E-state index contributed by atoms with van der Waals surface area (Å²) in [6.45, 7) is 8.83. The molecule has 0 saturated carbocycles. The van der Waals surface area contributed by atoms with Crippen LogP contribution in [-0.2, 0) is 20.2 Å². The van der Waals surface area contributed by atoms with Crippen LogP contribution in [0.1, 0.15) is 64.4 Å². The van der Waals surface area contributed by atoms with E-state index >= 15 is 0 Å². The number of hydrogen-bond donors (Lipinski definition) is 2. The maximum absolute atomic E-state index is 13.1. The third-order valence-corrected chi connectivity index (χ3v) is 6.23. The van der Waals surface area contributed by atoms with Crippen LogP contribution in [0.2, 0.25) is 0 Å². The van der Waals surface area contributed by atoms with Gasteiger partial charge in [-0.15, -0.1) is 0 Å². The number of carbonyl (C=O) groups excluding carboxylic acids is 2. The molecule has 2 heterocycles. The average Bonchev–Trinajstić information content (AvgIpc) is 3.45. The van der Waals surface area contributed by atoms with E-state index in [2.05, 4.69) is 46.8 Å². The molecule has 2 aromatic heterocycles. The Hall–Kier alpha value is -4.40. The van der Waals surface area contributed by atoms with Crippen molar-refractivity contribution in [1.29, 1.82) is 0 Å². The summed E-state index contributed by atoms with van der Waals surface area (Å²) in [7, 11) is 1.80. The molecule has 0 unspecified atom stereocenters. The van der Waals surface area contributed by atoms with Gasteiger partial charge in [0.25, 0.3) is 11.8 Å². The molecule has 9 nitrogen and oxygen atoms in total. The van der Waals surface area contributed by atoms with Crippen molar-refractivity contribution < 1.29 is 14.3 Å². The van der Waals surface area contributed by atoms with Crippen LogP contribution in [0.25, 0.3) is 0 Å². The van der Waals surface area contributed by atoms with Gasteiger partial charge in [0.15, 0.2) is 0 Å². The van der Waals surface area contributed by atoms with Gasteiger partial charge in [-0.2, -0.15) is 10.2 Å². The van der Waals surface area contributed by atoms with Crippen LogP contribution in [-0.4, -0.2) is 31.4 Å². The van der Waals surface area contributed by atoms with Crippen LogP contribution in [0, 0.1) is 6.92 Å². The highest BCUT2D eigenvalue weighted by atomic mass is 16.5. The molecule has 37 heavy (non-hydrogen) atoms. The van der Waals surface area contributed by atoms with Gasteiger partial charge in [-0.25, -0.2) is 0 Å². The minimum atomic E-state index is -0.378. The Bertz CT molecular complexity index is 1400. The van der Waals surface area contributed by atoms with Crippen LogP contribution in [0.3, 0.4) is 0 Å². The summed E-state index contributed by atoms with van der Waals surface area (Å²) < 4.78 is 9.13. The van der Waals surface area contributed by atoms with Gasteiger partial charge < -0.3 is 15.4 Å². The molecule has 4 rings (SSSR count). The third-order valence-electron chi connectivity index (χ3n) is 6.23. The molecular weight excluding hydrogens is 468 g/mol. The maximum atomic E-state index is 13.1. The third kappa shape index (κ3) is 5.88. The number of nitrogens with zero attached hydrogens (tertiary/aromatic N) is 4. The van der Waals surface area contributed by atoms with Gasteiger partial charge in [0.1, 0.15) is 18.1 Å². The lowest BCUT2D eigenvalue weighted by Crippen LogP contribution is -2.21. The predicted octanol–water partition coefficient (Wildman–Crippen LogP) is 5.15. The SMILES string of the molecule is CCn1ncc(NC(=O)c2cccc(COc3ccc(C(C)C)cc3)c2)c1C(=O)Nc1cnn(C)c1C. The Balaban J connectivity index is 1.46. The second-order valence-corrected chi connectivity index (χ2v) is 9.11. The molecule has 2 aromatic carbocycles. The zero-order chi connectivity index (χ0) is 26.5. The van der Waals surface area contributed by atoms with Crippen LogP contribution in [0.15, 0.2) is 60.9 Å². The van der Waals surface area contributed by atoms with Gasteiger partial charge in [0.2, 0.25) is 0 Å². The van der Waals surface area contributed by atoms with Crippen LogP contribution in [0.5, 0.6) is 5.75 Å². The van der Waals surface area contributed by atoms with E-state index in [1.165, 1.54) is 11.8 Å². The van der Waals surface area contributed by atoms with Gasteiger partial charge in [0.05, 0.1) is 29.5 Å². The topological polar surface area (TPSA) is 103 Å². The Morgan fingerprint density at radius 2 is 1.68 bits per heavy atom. The highest BCUT2D eigenvalue weighted by Crippen LogP contribution is 2.22. The zero-order valence-corrected chi connectivity index (χ0v) is 21.8. The van der Waals surface area contributed by atoms with Gasteiger partial charge in [0, 0.05) is 19.2 Å². The van der Waals surface area contributed by atoms with Crippen molar-refractivity contribution in [3.8, 4) is 5.75 Å². The summed E-state index contributed by atoms with van der Waals surface area (Å²) >= 11 is 0. The van der Waals surface area contributed by atoms with E-state index in [1.807, 2.05) is 38.1 Å². The maximum Gasteiger partial charge on any atom is 0.276 e. The van der Waals surface area contributed by atoms with E-state index < -0.39 is 0 Å². The second kappa shape index (κ2) is 11.1. The Morgan fingerprint density at radius 3 is 2.32 bits per heavy atom. The first-order chi connectivity index (χ1) is 17.8. The number of hydrogen-bond acceptors (Lipinski definition) is 5. The normalized spacial score (nSPS) is 11.0. The van der Waals surface area contributed by atoms with Crippen molar-refractivity contribution in [2.24, 2.45) is 7.05 Å². The number of nitrogens with one attached hydrogen (secondary N) is 2. The second-order valence-electron chi connectivity index (χ2n) is 9.11. The summed E-state index contributed by atoms with van der Waals surface area (Å²) in [6.07, 6.45) is 3.07. The largest absolute Gasteiger partial charge is 0.489 e. The number of rotatable bonds is 9. The number of aromatic nitrogens is 4.